The molecule has 0 radical (unpaired) electrons. The molecule has 2 aromatic carbocycles. The van der Waals surface area contributed by atoms with E-state index in [0.717, 1.165) is 21.9 Å². The highest BCUT2D eigenvalue weighted by molar-refractivity contribution is 7.99. The highest BCUT2D eigenvalue weighted by Crippen LogP contribution is 2.24. The minimum Gasteiger partial charge on any atom is -0.326 e. The summed E-state index contributed by atoms with van der Waals surface area (Å²) in [6.45, 7) is 2.41. The minimum atomic E-state index is -0.153. The molecule has 162 valence electrons. The number of imidazole rings is 1. The lowest BCUT2D eigenvalue weighted by Gasteiger charge is -2.10. The van der Waals surface area contributed by atoms with Gasteiger partial charge in [0, 0.05) is 24.0 Å². The number of nitrogens with zero attached hydrogens (tertiary/aromatic N) is 3. The number of anilines is 2. The standard InChI is InChI=1S/C24H23N5O2S/c1-2-21(30)26-18-10-6-11-19(14-18)27-22(31)16-32-24-28-20-12-7-13-25-23(20)29(24)15-17-8-4-3-5-9-17/h3-14H,2,15-16H2,1H3,(H,26,30)(H,27,31). The summed E-state index contributed by atoms with van der Waals surface area (Å²) in [5.74, 6) is -0.0286. The zero-order valence-corrected chi connectivity index (χ0v) is 18.4. The second-order valence-electron chi connectivity index (χ2n) is 7.13. The first-order valence-corrected chi connectivity index (χ1v) is 11.3. The number of amides is 2. The third-order valence-electron chi connectivity index (χ3n) is 4.74. The maximum atomic E-state index is 12.6. The van der Waals surface area contributed by atoms with E-state index in [-0.39, 0.29) is 17.6 Å². The van der Waals surface area contributed by atoms with Crippen LogP contribution < -0.4 is 10.6 Å². The molecule has 0 fully saturated rings. The lowest BCUT2D eigenvalue weighted by atomic mass is 10.2. The number of nitrogens with one attached hydrogen (secondary N) is 2. The smallest absolute Gasteiger partial charge is 0.234 e. The largest absolute Gasteiger partial charge is 0.326 e. The van der Waals surface area contributed by atoms with Crippen molar-refractivity contribution in [3.05, 3.63) is 78.5 Å². The number of benzene rings is 2. The first kappa shape index (κ1) is 21.6. The molecule has 0 aliphatic carbocycles. The van der Waals surface area contributed by atoms with Gasteiger partial charge in [0.15, 0.2) is 10.8 Å². The summed E-state index contributed by atoms with van der Waals surface area (Å²) in [4.78, 5) is 33.3. The van der Waals surface area contributed by atoms with E-state index >= 15 is 0 Å². The number of rotatable bonds is 8. The summed E-state index contributed by atoms with van der Waals surface area (Å²) in [7, 11) is 0. The fourth-order valence-electron chi connectivity index (χ4n) is 3.21. The zero-order valence-electron chi connectivity index (χ0n) is 17.6. The van der Waals surface area contributed by atoms with Crippen LogP contribution in [0.4, 0.5) is 11.4 Å². The van der Waals surface area contributed by atoms with Gasteiger partial charge in [-0.15, -0.1) is 0 Å². The van der Waals surface area contributed by atoms with Crippen LogP contribution in [0.1, 0.15) is 18.9 Å². The van der Waals surface area contributed by atoms with Gasteiger partial charge in [0.25, 0.3) is 0 Å². The lowest BCUT2D eigenvalue weighted by Crippen LogP contribution is -2.15. The van der Waals surface area contributed by atoms with Gasteiger partial charge < -0.3 is 10.6 Å². The predicted molar refractivity (Wildman–Crippen MR) is 128 cm³/mol. The first-order chi connectivity index (χ1) is 15.6. The van der Waals surface area contributed by atoms with Crippen LogP contribution >= 0.6 is 11.8 Å². The highest BCUT2D eigenvalue weighted by atomic mass is 32.2. The normalized spacial score (nSPS) is 10.8. The van der Waals surface area contributed by atoms with E-state index in [2.05, 4.69) is 32.7 Å². The Labute approximate surface area is 190 Å². The van der Waals surface area contributed by atoms with Crippen molar-refractivity contribution in [2.75, 3.05) is 16.4 Å². The fraction of sp³-hybridized carbons (Fsp3) is 0.167. The Balaban J connectivity index is 1.46. The third kappa shape index (κ3) is 5.33. The van der Waals surface area contributed by atoms with Crippen LogP contribution in [0.5, 0.6) is 0 Å². The van der Waals surface area contributed by atoms with Crippen molar-refractivity contribution in [2.45, 2.75) is 25.0 Å². The van der Waals surface area contributed by atoms with Crippen LogP contribution in [-0.2, 0) is 16.1 Å². The average molecular weight is 446 g/mol. The molecule has 0 aliphatic heterocycles. The van der Waals surface area contributed by atoms with Gasteiger partial charge in [0.05, 0.1) is 12.3 Å². The molecule has 8 heteroatoms. The van der Waals surface area contributed by atoms with Crippen molar-refractivity contribution in [3.8, 4) is 0 Å². The van der Waals surface area contributed by atoms with Gasteiger partial charge in [0.2, 0.25) is 11.8 Å². The van der Waals surface area contributed by atoms with Gasteiger partial charge in [-0.25, -0.2) is 9.97 Å². The Hall–Kier alpha value is -3.65. The number of carbonyl (C=O) groups excluding carboxylic acids is 2. The molecule has 7 nitrogen and oxygen atoms in total. The summed E-state index contributed by atoms with van der Waals surface area (Å²) in [6, 6.07) is 21.0. The van der Waals surface area contributed by atoms with Crippen LogP contribution in [0.2, 0.25) is 0 Å². The lowest BCUT2D eigenvalue weighted by molar-refractivity contribution is -0.116. The predicted octanol–water partition coefficient (Wildman–Crippen LogP) is 4.56. The molecule has 0 spiro atoms. The van der Waals surface area contributed by atoms with Crippen LogP contribution in [0.15, 0.2) is 78.1 Å². The molecule has 0 unspecified atom stereocenters. The number of hydrogen-bond acceptors (Lipinski definition) is 5. The summed E-state index contributed by atoms with van der Waals surface area (Å²) < 4.78 is 2.03. The number of aromatic nitrogens is 3. The molecule has 2 heterocycles. The molecule has 2 amide bonds. The van der Waals surface area contributed by atoms with E-state index in [4.69, 9.17) is 0 Å². The van der Waals surface area contributed by atoms with Gasteiger partial charge in [-0.05, 0) is 35.9 Å². The van der Waals surface area contributed by atoms with Crippen molar-refractivity contribution >= 4 is 46.1 Å². The van der Waals surface area contributed by atoms with Gasteiger partial charge in [-0.3, -0.25) is 14.2 Å². The molecule has 2 aromatic heterocycles. The first-order valence-electron chi connectivity index (χ1n) is 10.3. The average Bonchev–Trinajstić information content (AvgIpc) is 3.16. The van der Waals surface area contributed by atoms with Crippen LogP contribution in [0, 0.1) is 0 Å². The number of hydrogen-bond donors (Lipinski definition) is 2. The van der Waals surface area contributed by atoms with Crippen molar-refractivity contribution in [1.82, 2.24) is 14.5 Å². The zero-order chi connectivity index (χ0) is 22.3. The Morgan fingerprint density at radius 1 is 0.938 bits per heavy atom. The van der Waals surface area contributed by atoms with Crippen molar-refractivity contribution < 1.29 is 9.59 Å². The summed E-state index contributed by atoms with van der Waals surface area (Å²) in [5.41, 5.74) is 4.00. The van der Waals surface area contributed by atoms with Crippen molar-refractivity contribution in [3.63, 3.8) is 0 Å². The van der Waals surface area contributed by atoms with E-state index in [0.29, 0.717) is 24.3 Å². The Bertz CT molecular complexity index is 1240. The number of fused-ring (bicyclic) bond motifs is 1. The van der Waals surface area contributed by atoms with E-state index in [9.17, 15) is 9.59 Å². The third-order valence-corrected chi connectivity index (χ3v) is 5.71. The summed E-state index contributed by atoms with van der Waals surface area (Å²) in [5, 5.41) is 6.41. The number of thioether (sulfide) groups is 1. The highest BCUT2D eigenvalue weighted by Gasteiger charge is 2.14. The van der Waals surface area contributed by atoms with Gasteiger partial charge in [-0.2, -0.15) is 0 Å². The Morgan fingerprint density at radius 2 is 1.69 bits per heavy atom. The van der Waals surface area contributed by atoms with Crippen molar-refractivity contribution in [1.29, 1.82) is 0 Å². The van der Waals surface area contributed by atoms with Crippen LogP contribution in [-0.4, -0.2) is 32.1 Å². The Morgan fingerprint density at radius 3 is 2.44 bits per heavy atom. The van der Waals surface area contributed by atoms with Crippen molar-refractivity contribution in [2.24, 2.45) is 0 Å². The topological polar surface area (TPSA) is 88.9 Å². The molecular weight excluding hydrogens is 422 g/mol. The summed E-state index contributed by atoms with van der Waals surface area (Å²) in [6.07, 6.45) is 2.14. The Kier molecular flexibility index (Phi) is 6.81. The number of carbonyl (C=O) groups is 2. The van der Waals surface area contributed by atoms with Gasteiger partial charge in [0.1, 0.15) is 5.52 Å². The molecule has 4 aromatic rings. The molecule has 0 saturated heterocycles. The van der Waals surface area contributed by atoms with Crippen LogP contribution in [0.3, 0.4) is 0 Å². The molecule has 0 aliphatic rings. The van der Waals surface area contributed by atoms with Gasteiger partial charge >= 0.3 is 0 Å². The monoisotopic (exact) mass is 445 g/mol. The maximum Gasteiger partial charge on any atom is 0.234 e. The molecule has 0 saturated carbocycles. The fourth-order valence-corrected chi connectivity index (χ4v) is 4.01. The van der Waals surface area contributed by atoms with Crippen LogP contribution in [0.25, 0.3) is 11.2 Å². The molecule has 0 bridgehead atoms. The molecule has 4 rings (SSSR count). The minimum absolute atomic E-state index is 0.0741. The molecule has 0 atom stereocenters. The quantitative estimate of drug-likeness (QED) is 0.388. The van der Waals surface area contributed by atoms with E-state index in [1.165, 1.54) is 11.8 Å². The SMILES string of the molecule is CCC(=O)Nc1cccc(NC(=O)CSc2nc3cccnc3n2Cc2ccccc2)c1. The van der Waals surface area contributed by atoms with Gasteiger partial charge in [-0.1, -0.05) is 55.1 Å². The van der Waals surface area contributed by atoms with E-state index < -0.39 is 0 Å². The molecule has 2 N–H and O–H groups in total. The molecular formula is C24H23N5O2S. The molecule has 32 heavy (non-hydrogen) atoms. The maximum absolute atomic E-state index is 12.6. The second kappa shape index (κ2) is 10.1. The van der Waals surface area contributed by atoms with E-state index in [1.54, 1.807) is 37.4 Å². The van der Waals surface area contributed by atoms with E-state index in [1.807, 2.05) is 34.9 Å². The number of pyridine rings is 1. The summed E-state index contributed by atoms with van der Waals surface area (Å²) >= 11 is 1.37. The second-order valence-corrected chi connectivity index (χ2v) is 8.07.